The van der Waals surface area contributed by atoms with Crippen LogP contribution >= 0.6 is 0 Å². The number of amides is 2. The number of carboxylic acids is 1. The van der Waals surface area contributed by atoms with Crippen LogP contribution in [0, 0.1) is 21.7 Å². The summed E-state index contributed by atoms with van der Waals surface area (Å²) in [4.78, 5) is 54.3. The van der Waals surface area contributed by atoms with E-state index in [4.69, 9.17) is 0 Å². The Morgan fingerprint density at radius 2 is 0.958 bits per heavy atom. The molecule has 0 fully saturated rings. The van der Waals surface area contributed by atoms with Crippen molar-refractivity contribution >= 4 is 34.7 Å². The predicted octanol–water partition coefficient (Wildman–Crippen LogP) is 7.46. The molecule has 0 aromatic heterocycles. The van der Waals surface area contributed by atoms with Crippen LogP contribution in [-0.2, 0) is 9.59 Å². The molecular weight excluding hydrogens is 600 g/mol. The van der Waals surface area contributed by atoms with Gasteiger partial charge in [-0.25, -0.2) is 4.79 Å². The number of carbonyl (C=O) groups is 4. The zero-order valence-electron chi connectivity index (χ0n) is 29.1. The summed E-state index contributed by atoms with van der Waals surface area (Å²) < 4.78 is 0. The number of allylic oxidation sites excluding steroid dienone is 4. The van der Waals surface area contributed by atoms with Gasteiger partial charge in [-0.05, 0) is 54.2 Å². The highest BCUT2D eigenvalue weighted by Gasteiger charge is 2.49. The SMILES string of the molecule is CC(=O)c1ccc(C2=CC[C@]3(C)CN(C(=O)C(=O)N4CC=C5C(C)(C)C(c6ccc(C(=O)O)cc6)=CC[C@]5(C)C4)CC=C3C2(C)C)cc1. The van der Waals surface area contributed by atoms with Crippen LogP contribution in [0.1, 0.15) is 93.2 Å². The minimum Gasteiger partial charge on any atom is -0.478 e. The summed E-state index contributed by atoms with van der Waals surface area (Å²) >= 11 is 0. The molecule has 0 saturated carbocycles. The highest BCUT2D eigenvalue weighted by atomic mass is 16.4. The van der Waals surface area contributed by atoms with Crippen molar-refractivity contribution in [3.63, 3.8) is 0 Å². The Kier molecular flexibility index (Phi) is 8.05. The van der Waals surface area contributed by atoms with E-state index in [1.807, 2.05) is 36.4 Å². The van der Waals surface area contributed by atoms with Crippen LogP contribution in [0.3, 0.4) is 0 Å². The third-order valence-electron chi connectivity index (χ3n) is 11.4. The molecule has 2 aliphatic heterocycles. The normalized spacial score (nSPS) is 25.8. The maximum atomic E-state index is 13.8. The second kappa shape index (κ2) is 11.6. The summed E-state index contributed by atoms with van der Waals surface area (Å²) in [7, 11) is 0. The largest absolute Gasteiger partial charge is 0.478 e. The molecule has 4 aliphatic rings. The van der Waals surface area contributed by atoms with Crippen molar-refractivity contribution in [3.8, 4) is 0 Å². The maximum absolute atomic E-state index is 13.8. The van der Waals surface area contributed by atoms with E-state index in [2.05, 4.69) is 65.8 Å². The minimum atomic E-state index is -0.946. The van der Waals surface area contributed by atoms with Crippen molar-refractivity contribution in [2.45, 2.75) is 61.3 Å². The van der Waals surface area contributed by atoms with Gasteiger partial charge >= 0.3 is 17.8 Å². The Morgan fingerprint density at radius 3 is 1.31 bits per heavy atom. The first-order valence-electron chi connectivity index (χ1n) is 16.8. The number of Topliss-reactive ketones (excluding diaryl/α,β-unsaturated/α-hetero) is 1. The topological polar surface area (TPSA) is 95.0 Å². The zero-order valence-corrected chi connectivity index (χ0v) is 29.1. The Hall–Kier alpha value is -4.52. The highest BCUT2D eigenvalue weighted by molar-refractivity contribution is 6.35. The van der Waals surface area contributed by atoms with Crippen molar-refractivity contribution in [1.29, 1.82) is 0 Å². The van der Waals surface area contributed by atoms with Gasteiger partial charge in [-0.15, -0.1) is 0 Å². The molecule has 2 aliphatic carbocycles. The van der Waals surface area contributed by atoms with Gasteiger partial charge in [0, 0.05) is 53.4 Å². The van der Waals surface area contributed by atoms with Crippen LogP contribution in [0.15, 0.2) is 84.0 Å². The van der Waals surface area contributed by atoms with E-state index in [1.54, 1.807) is 28.9 Å². The number of carboxylic acid groups (broad SMARTS) is 1. The minimum absolute atomic E-state index is 0.0472. The van der Waals surface area contributed by atoms with Crippen LogP contribution in [-0.4, -0.2) is 64.7 Å². The van der Waals surface area contributed by atoms with Crippen LogP contribution in [0.25, 0.3) is 11.1 Å². The zero-order chi connectivity index (χ0) is 34.8. The molecule has 0 unspecified atom stereocenters. The van der Waals surface area contributed by atoms with Crippen molar-refractivity contribution in [1.82, 2.24) is 9.80 Å². The molecule has 250 valence electrons. The first-order chi connectivity index (χ1) is 22.5. The fraction of sp³-hybridized carbons (Fsp3) is 0.415. The third-order valence-corrected chi connectivity index (χ3v) is 11.4. The molecule has 2 amide bonds. The lowest BCUT2D eigenvalue weighted by molar-refractivity contribution is -0.153. The maximum Gasteiger partial charge on any atom is 0.335 e. The summed E-state index contributed by atoms with van der Waals surface area (Å²) in [5.74, 6) is -1.81. The molecule has 2 aromatic carbocycles. The number of aromatic carboxylic acids is 1. The molecular formula is C41H46N2O5. The number of hydrogen-bond donors (Lipinski definition) is 1. The number of nitrogens with zero attached hydrogens (tertiary/aromatic N) is 2. The smallest absolute Gasteiger partial charge is 0.335 e. The molecule has 0 radical (unpaired) electrons. The summed E-state index contributed by atoms with van der Waals surface area (Å²) in [6.07, 6.45) is 10.2. The number of carbonyl (C=O) groups excluding carboxylic acids is 3. The molecule has 0 saturated heterocycles. The summed E-state index contributed by atoms with van der Waals surface area (Å²) in [5, 5.41) is 9.33. The van der Waals surface area contributed by atoms with E-state index in [9.17, 15) is 24.3 Å². The molecule has 1 N–H and O–H groups in total. The van der Waals surface area contributed by atoms with Crippen molar-refractivity contribution in [2.24, 2.45) is 21.7 Å². The van der Waals surface area contributed by atoms with Crippen LogP contribution < -0.4 is 0 Å². The molecule has 6 rings (SSSR count). The van der Waals surface area contributed by atoms with Crippen LogP contribution in [0.5, 0.6) is 0 Å². The third kappa shape index (κ3) is 5.47. The van der Waals surface area contributed by atoms with E-state index in [-0.39, 0.29) is 33.0 Å². The van der Waals surface area contributed by atoms with E-state index < -0.39 is 17.8 Å². The number of rotatable bonds is 4. The quantitative estimate of drug-likeness (QED) is 0.211. The summed E-state index contributed by atoms with van der Waals surface area (Å²) in [6.45, 7) is 16.4. The Morgan fingerprint density at radius 1 is 0.583 bits per heavy atom. The van der Waals surface area contributed by atoms with E-state index in [0.717, 1.165) is 23.1 Å². The average molecular weight is 647 g/mol. The van der Waals surface area contributed by atoms with Gasteiger partial charge < -0.3 is 14.9 Å². The van der Waals surface area contributed by atoms with Crippen molar-refractivity contribution in [3.05, 3.63) is 106 Å². The lowest BCUT2D eigenvalue weighted by Gasteiger charge is -2.51. The fourth-order valence-electron chi connectivity index (χ4n) is 9.08. The predicted molar refractivity (Wildman–Crippen MR) is 188 cm³/mol. The Bertz CT molecular complexity index is 1700. The molecule has 2 atom stereocenters. The number of ketones is 1. The molecule has 0 spiro atoms. The monoisotopic (exact) mass is 646 g/mol. The fourth-order valence-corrected chi connectivity index (χ4v) is 9.08. The standard InChI is InChI=1S/C41H46N2O5/c1-26(44)27-8-10-28(11-9-27)31-16-20-40(6)24-42(22-18-33(40)38(31,2)3)35(45)36(46)43-23-19-34-39(4,5)32(17-21-41(34,7)25-43)29-12-14-30(15-13-29)37(47)48/h8-19H,20-25H2,1-7H3,(H,47,48)/t40-,41-/m1/s1. The van der Waals surface area contributed by atoms with Crippen LogP contribution in [0.4, 0.5) is 0 Å². The molecule has 7 nitrogen and oxygen atoms in total. The lowest BCUT2D eigenvalue weighted by Crippen LogP contribution is -2.55. The summed E-state index contributed by atoms with van der Waals surface area (Å²) in [5.41, 5.74) is 6.71. The van der Waals surface area contributed by atoms with Gasteiger partial charge in [0.2, 0.25) is 0 Å². The van der Waals surface area contributed by atoms with Gasteiger partial charge in [0.25, 0.3) is 0 Å². The Labute approximate surface area is 283 Å². The molecule has 2 heterocycles. The van der Waals surface area contributed by atoms with E-state index in [0.29, 0.717) is 38.2 Å². The molecule has 2 aromatic rings. The average Bonchev–Trinajstić information content (AvgIpc) is 3.03. The first kappa shape index (κ1) is 33.4. The lowest BCUT2D eigenvalue weighted by atomic mass is 9.58. The number of hydrogen-bond acceptors (Lipinski definition) is 4. The number of fused-ring (bicyclic) bond motifs is 2. The van der Waals surface area contributed by atoms with Crippen LogP contribution in [0.2, 0.25) is 0 Å². The van der Waals surface area contributed by atoms with Gasteiger partial charge in [0.1, 0.15) is 0 Å². The molecule has 48 heavy (non-hydrogen) atoms. The number of benzene rings is 2. The highest BCUT2D eigenvalue weighted by Crippen LogP contribution is 2.57. The van der Waals surface area contributed by atoms with Gasteiger partial charge in [-0.3, -0.25) is 14.4 Å². The summed E-state index contributed by atoms with van der Waals surface area (Å²) in [6, 6.07) is 14.8. The van der Waals surface area contributed by atoms with Crippen molar-refractivity contribution < 1.29 is 24.3 Å². The molecule has 0 bridgehead atoms. The second-order valence-corrected chi connectivity index (χ2v) is 15.6. The van der Waals surface area contributed by atoms with E-state index >= 15 is 0 Å². The van der Waals surface area contributed by atoms with Gasteiger partial charge in [-0.2, -0.15) is 0 Å². The Balaban J connectivity index is 1.17. The van der Waals surface area contributed by atoms with Gasteiger partial charge in [-0.1, -0.05) is 113 Å². The first-order valence-corrected chi connectivity index (χ1v) is 16.8. The van der Waals surface area contributed by atoms with Gasteiger partial charge in [0.15, 0.2) is 5.78 Å². The second-order valence-electron chi connectivity index (χ2n) is 15.6. The van der Waals surface area contributed by atoms with Crippen molar-refractivity contribution in [2.75, 3.05) is 26.2 Å². The molecule has 7 heteroatoms. The van der Waals surface area contributed by atoms with E-state index in [1.165, 1.54) is 16.7 Å². The van der Waals surface area contributed by atoms with Gasteiger partial charge in [0.05, 0.1) is 5.56 Å².